The minimum Gasteiger partial charge on any atom is -0.493 e. The van der Waals surface area contributed by atoms with Crippen molar-refractivity contribution < 1.29 is 28.5 Å². The minimum absolute atomic E-state index is 0.0239. The predicted molar refractivity (Wildman–Crippen MR) is 104 cm³/mol. The van der Waals surface area contributed by atoms with Crippen LogP contribution < -0.4 is 23.7 Å². The van der Waals surface area contributed by atoms with E-state index in [2.05, 4.69) is 0 Å². The Bertz CT molecular complexity index is 826. The zero-order chi connectivity index (χ0) is 20.1. The summed E-state index contributed by atoms with van der Waals surface area (Å²) in [6, 6.07) is 9.31. The van der Waals surface area contributed by atoms with Crippen molar-refractivity contribution in [3.63, 3.8) is 0 Å². The summed E-state index contributed by atoms with van der Waals surface area (Å²) in [5.74, 6) is 2.99. The third-order valence-electron chi connectivity index (χ3n) is 4.53. The molecule has 0 N–H and O–H groups in total. The van der Waals surface area contributed by atoms with Crippen molar-refractivity contribution in [2.24, 2.45) is 0 Å². The maximum absolute atomic E-state index is 12.7. The summed E-state index contributed by atoms with van der Waals surface area (Å²) >= 11 is 0. The van der Waals surface area contributed by atoms with Crippen molar-refractivity contribution in [2.45, 2.75) is 13.0 Å². The third kappa shape index (κ3) is 4.24. The highest BCUT2D eigenvalue weighted by Crippen LogP contribution is 2.38. The molecule has 0 saturated carbocycles. The Morgan fingerprint density at radius 1 is 0.929 bits per heavy atom. The van der Waals surface area contributed by atoms with Crippen molar-refractivity contribution in [1.82, 2.24) is 4.90 Å². The molecule has 0 bridgehead atoms. The standard InChI is InChI=1S/C21H25NO6/c1-22(13-14-5-6-16-17(9-14)28-8-7-27-16)20(23)12-15-10-18(24-2)21(26-4)19(11-15)25-3/h5-6,9-11H,7-8,12-13H2,1-4H3. The van der Waals surface area contributed by atoms with Gasteiger partial charge in [-0.05, 0) is 35.4 Å². The Labute approximate surface area is 164 Å². The second-order valence-electron chi connectivity index (χ2n) is 6.44. The number of carbonyl (C=O) groups is 1. The van der Waals surface area contributed by atoms with Gasteiger partial charge in [-0.25, -0.2) is 0 Å². The average Bonchev–Trinajstić information content (AvgIpc) is 2.72. The van der Waals surface area contributed by atoms with Gasteiger partial charge in [-0.2, -0.15) is 0 Å². The highest BCUT2D eigenvalue weighted by atomic mass is 16.6. The topological polar surface area (TPSA) is 66.5 Å². The van der Waals surface area contributed by atoms with Crippen LogP contribution in [0.5, 0.6) is 28.7 Å². The van der Waals surface area contributed by atoms with Crippen LogP contribution in [-0.2, 0) is 17.8 Å². The van der Waals surface area contributed by atoms with Crippen molar-refractivity contribution in [3.8, 4) is 28.7 Å². The third-order valence-corrected chi connectivity index (χ3v) is 4.53. The number of rotatable bonds is 7. The Morgan fingerprint density at radius 2 is 1.57 bits per heavy atom. The number of carbonyl (C=O) groups excluding carboxylic acids is 1. The van der Waals surface area contributed by atoms with Crippen LogP contribution in [0.2, 0.25) is 0 Å². The van der Waals surface area contributed by atoms with Gasteiger partial charge in [-0.1, -0.05) is 6.07 Å². The summed E-state index contributed by atoms with van der Waals surface area (Å²) in [6.45, 7) is 1.56. The second-order valence-corrected chi connectivity index (χ2v) is 6.44. The Kier molecular flexibility index (Phi) is 6.13. The summed E-state index contributed by atoms with van der Waals surface area (Å²) in [7, 11) is 6.43. The molecule has 1 aliphatic heterocycles. The first-order chi connectivity index (χ1) is 13.5. The van der Waals surface area contributed by atoms with Gasteiger partial charge in [-0.15, -0.1) is 0 Å². The van der Waals surface area contributed by atoms with Crippen LogP contribution in [0, 0.1) is 0 Å². The SMILES string of the molecule is COc1cc(CC(=O)N(C)Cc2ccc3c(c2)OCCO3)cc(OC)c1OC. The number of ether oxygens (including phenoxy) is 5. The highest BCUT2D eigenvalue weighted by Gasteiger charge is 2.18. The van der Waals surface area contributed by atoms with Crippen LogP contribution in [0.25, 0.3) is 0 Å². The Balaban J connectivity index is 1.70. The quantitative estimate of drug-likeness (QED) is 0.728. The van der Waals surface area contributed by atoms with Gasteiger partial charge < -0.3 is 28.6 Å². The molecule has 0 fully saturated rings. The lowest BCUT2D eigenvalue weighted by Gasteiger charge is -2.21. The zero-order valence-electron chi connectivity index (χ0n) is 16.6. The highest BCUT2D eigenvalue weighted by molar-refractivity contribution is 5.79. The molecule has 2 aromatic rings. The average molecular weight is 387 g/mol. The van der Waals surface area contributed by atoms with E-state index in [-0.39, 0.29) is 12.3 Å². The molecule has 0 radical (unpaired) electrons. The molecule has 7 nitrogen and oxygen atoms in total. The fraction of sp³-hybridized carbons (Fsp3) is 0.381. The van der Waals surface area contributed by atoms with E-state index in [0.29, 0.717) is 42.8 Å². The van der Waals surface area contributed by atoms with Gasteiger partial charge in [0.05, 0.1) is 27.8 Å². The fourth-order valence-electron chi connectivity index (χ4n) is 3.10. The maximum Gasteiger partial charge on any atom is 0.227 e. The van der Waals surface area contributed by atoms with Gasteiger partial charge in [0.25, 0.3) is 0 Å². The first-order valence-corrected chi connectivity index (χ1v) is 8.97. The van der Waals surface area contributed by atoms with Crippen molar-refractivity contribution in [2.75, 3.05) is 41.6 Å². The molecule has 0 saturated heterocycles. The minimum atomic E-state index is -0.0239. The lowest BCUT2D eigenvalue weighted by molar-refractivity contribution is -0.129. The predicted octanol–water partition coefficient (Wildman–Crippen LogP) is 2.68. The van der Waals surface area contributed by atoms with Gasteiger partial charge in [0.15, 0.2) is 23.0 Å². The van der Waals surface area contributed by atoms with E-state index in [1.165, 1.54) is 0 Å². The first kappa shape index (κ1) is 19.7. The van der Waals surface area contributed by atoms with Crippen LogP contribution >= 0.6 is 0 Å². The number of benzene rings is 2. The number of fused-ring (bicyclic) bond motifs is 1. The van der Waals surface area contributed by atoms with E-state index in [0.717, 1.165) is 16.9 Å². The molecule has 7 heteroatoms. The van der Waals surface area contributed by atoms with Gasteiger partial charge in [-0.3, -0.25) is 4.79 Å². The zero-order valence-corrected chi connectivity index (χ0v) is 16.6. The lowest BCUT2D eigenvalue weighted by atomic mass is 10.1. The molecule has 0 atom stereocenters. The summed E-state index contributed by atoms with van der Waals surface area (Å²) in [4.78, 5) is 14.4. The molecule has 0 aromatic heterocycles. The van der Waals surface area contributed by atoms with Gasteiger partial charge in [0.1, 0.15) is 13.2 Å². The monoisotopic (exact) mass is 387 g/mol. The largest absolute Gasteiger partial charge is 0.493 e. The van der Waals surface area contributed by atoms with Crippen LogP contribution in [-0.4, -0.2) is 52.4 Å². The van der Waals surface area contributed by atoms with Crippen molar-refractivity contribution in [1.29, 1.82) is 0 Å². The maximum atomic E-state index is 12.7. The lowest BCUT2D eigenvalue weighted by Crippen LogP contribution is -2.27. The molecule has 0 aliphatic carbocycles. The van der Waals surface area contributed by atoms with E-state index in [1.807, 2.05) is 18.2 Å². The smallest absolute Gasteiger partial charge is 0.227 e. The molecule has 0 spiro atoms. The van der Waals surface area contributed by atoms with Crippen LogP contribution in [0.4, 0.5) is 0 Å². The van der Waals surface area contributed by atoms with E-state index in [9.17, 15) is 4.79 Å². The molecule has 1 aliphatic rings. The fourth-order valence-corrected chi connectivity index (χ4v) is 3.10. The molecule has 150 valence electrons. The molecule has 28 heavy (non-hydrogen) atoms. The molecule has 0 unspecified atom stereocenters. The normalized spacial score (nSPS) is 12.3. The van der Waals surface area contributed by atoms with E-state index in [1.54, 1.807) is 45.4 Å². The summed E-state index contributed by atoms with van der Waals surface area (Å²) in [6.07, 6.45) is 0.220. The molecule has 1 heterocycles. The Hall–Kier alpha value is -3.09. The van der Waals surface area contributed by atoms with Crippen LogP contribution in [0.15, 0.2) is 30.3 Å². The summed E-state index contributed by atoms with van der Waals surface area (Å²) in [5, 5.41) is 0. The second kappa shape index (κ2) is 8.73. The van der Waals surface area contributed by atoms with E-state index < -0.39 is 0 Å². The summed E-state index contributed by atoms with van der Waals surface area (Å²) < 4.78 is 27.2. The molecular formula is C21H25NO6. The van der Waals surface area contributed by atoms with E-state index in [4.69, 9.17) is 23.7 Å². The number of nitrogens with zero attached hydrogens (tertiary/aromatic N) is 1. The number of likely N-dealkylation sites (N-methyl/N-ethyl adjacent to an activating group) is 1. The van der Waals surface area contributed by atoms with Crippen LogP contribution in [0.3, 0.4) is 0 Å². The molecular weight excluding hydrogens is 362 g/mol. The van der Waals surface area contributed by atoms with Crippen LogP contribution in [0.1, 0.15) is 11.1 Å². The van der Waals surface area contributed by atoms with Gasteiger partial charge >= 0.3 is 0 Å². The van der Waals surface area contributed by atoms with E-state index >= 15 is 0 Å². The molecule has 3 rings (SSSR count). The number of hydrogen-bond acceptors (Lipinski definition) is 6. The van der Waals surface area contributed by atoms with Crippen molar-refractivity contribution in [3.05, 3.63) is 41.5 Å². The van der Waals surface area contributed by atoms with Gasteiger partial charge in [0, 0.05) is 13.6 Å². The molecule has 2 aromatic carbocycles. The Morgan fingerprint density at radius 3 is 2.18 bits per heavy atom. The number of hydrogen-bond donors (Lipinski definition) is 0. The summed E-state index contributed by atoms with van der Waals surface area (Å²) in [5.41, 5.74) is 1.76. The number of methoxy groups -OCH3 is 3. The first-order valence-electron chi connectivity index (χ1n) is 8.97. The molecule has 1 amide bonds. The number of amides is 1. The van der Waals surface area contributed by atoms with Gasteiger partial charge in [0.2, 0.25) is 11.7 Å². The van der Waals surface area contributed by atoms with Crippen molar-refractivity contribution >= 4 is 5.91 Å².